The number of ether oxygens (including phenoxy) is 3. The second kappa shape index (κ2) is 10.5. The number of hydrogen-bond acceptors (Lipinski definition) is 11. The highest BCUT2D eigenvalue weighted by molar-refractivity contribution is 5.94. The van der Waals surface area contributed by atoms with Crippen molar-refractivity contribution in [1.82, 2.24) is 0 Å². The summed E-state index contributed by atoms with van der Waals surface area (Å²) in [4.78, 5) is 15.6. The molecule has 3 rings (SSSR count). The lowest BCUT2D eigenvalue weighted by atomic mass is 9.62. The molecule has 36 heavy (non-hydrogen) atoms. The van der Waals surface area contributed by atoms with Crippen LogP contribution in [0.25, 0.3) is 0 Å². The number of carbonyl (C=O) groups is 1. The van der Waals surface area contributed by atoms with Crippen LogP contribution in [0.4, 0.5) is 11.4 Å². The van der Waals surface area contributed by atoms with Crippen molar-refractivity contribution in [3.63, 3.8) is 0 Å². The number of terminal acetylenes is 1. The molecule has 192 valence electrons. The lowest BCUT2D eigenvalue weighted by molar-refractivity contribution is -0.536. The third kappa shape index (κ3) is 4.37. The fourth-order valence-corrected chi connectivity index (χ4v) is 4.18. The van der Waals surface area contributed by atoms with Crippen LogP contribution in [0.3, 0.4) is 0 Å². The zero-order chi connectivity index (χ0) is 26.7. The van der Waals surface area contributed by atoms with E-state index < -0.39 is 58.6 Å². The highest BCUT2D eigenvalue weighted by Gasteiger charge is 2.45. The third-order valence-electron chi connectivity index (χ3n) is 5.95. The molecule has 0 aromatic heterocycles. The van der Waals surface area contributed by atoms with Crippen LogP contribution >= 0.6 is 0 Å². The average molecular weight is 500 g/mol. The first kappa shape index (κ1) is 26.3. The Morgan fingerprint density at radius 1 is 1.06 bits per heavy atom. The predicted molar refractivity (Wildman–Crippen MR) is 123 cm³/mol. The Balaban J connectivity index is 2.10. The molecule has 1 aliphatic rings. The summed E-state index contributed by atoms with van der Waals surface area (Å²) in [5.74, 6) is -6.00. The topological polar surface area (TPSA) is 196 Å². The number of aliphatic imine (C=N–C) groups is 1. The second-order valence-electron chi connectivity index (χ2n) is 7.80. The van der Waals surface area contributed by atoms with Crippen molar-refractivity contribution in [2.45, 2.75) is 37.4 Å². The van der Waals surface area contributed by atoms with Gasteiger partial charge >= 0.3 is 0 Å². The monoisotopic (exact) mass is 500 g/mol. The Bertz CT molecular complexity index is 1230. The number of hydrogen-bond donors (Lipinski definition) is 5. The molecular formula is C24H24N2O10-2. The van der Waals surface area contributed by atoms with E-state index in [9.17, 15) is 35.4 Å². The fourth-order valence-electron chi connectivity index (χ4n) is 4.18. The zero-order valence-electron chi connectivity index (χ0n) is 19.5. The minimum Gasteiger partial charge on any atom is -0.851 e. The minimum atomic E-state index is -1.74. The molecule has 12 nitrogen and oxygen atoms in total. The molecule has 0 heterocycles. The standard InChI is InChI=1S/C24H24N2O10/c1-5-14(29)26-20-11(28)8-13(35-4)16(24(20)33)18-21(30)17(22(18)31)15-12(34-3)7-10(27)19(23(15)32)25-9-36-6-2/h2,7-9,17-18,21-22,27-28,32-33H,5H2,1,3-4H3,(H,26,29)/q-2. The van der Waals surface area contributed by atoms with E-state index in [2.05, 4.69) is 15.0 Å². The van der Waals surface area contributed by atoms with Crippen molar-refractivity contribution >= 4 is 23.7 Å². The highest BCUT2D eigenvalue weighted by Crippen LogP contribution is 2.58. The van der Waals surface area contributed by atoms with Gasteiger partial charge in [-0.1, -0.05) is 13.3 Å². The Kier molecular flexibility index (Phi) is 7.67. The molecule has 2 unspecified atom stereocenters. The van der Waals surface area contributed by atoms with Crippen molar-refractivity contribution in [1.29, 1.82) is 0 Å². The van der Waals surface area contributed by atoms with Crippen molar-refractivity contribution in [2.75, 3.05) is 19.5 Å². The average Bonchev–Trinajstić information content (AvgIpc) is 2.86. The van der Waals surface area contributed by atoms with Gasteiger partial charge in [0.25, 0.3) is 0 Å². The molecule has 0 radical (unpaired) electrons. The van der Waals surface area contributed by atoms with E-state index >= 15 is 0 Å². The molecule has 1 aliphatic carbocycles. The van der Waals surface area contributed by atoms with E-state index in [0.29, 0.717) is 0 Å². The van der Waals surface area contributed by atoms with Gasteiger partial charge in [0.05, 0.1) is 14.2 Å². The number of nitrogens with one attached hydrogen (secondary N) is 1. The molecule has 1 fully saturated rings. The Morgan fingerprint density at radius 2 is 1.58 bits per heavy atom. The van der Waals surface area contributed by atoms with E-state index in [-0.39, 0.29) is 34.7 Å². The van der Waals surface area contributed by atoms with E-state index in [0.717, 1.165) is 18.5 Å². The Morgan fingerprint density at radius 3 is 2.08 bits per heavy atom. The number of benzene rings is 2. The molecule has 0 saturated heterocycles. The maximum absolute atomic E-state index is 13.4. The predicted octanol–water partition coefficient (Wildman–Crippen LogP) is 0.481. The third-order valence-corrected chi connectivity index (χ3v) is 5.95. The number of nitrogens with zero attached hydrogens (tertiary/aromatic N) is 1. The molecule has 0 spiro atoms. The van der Waals surface area contributed by atoms with Crippen LogP contribution in [-0.4, -0.2) is 59.2 Å². The summed E-state index contributed by atoms with van der Waals surface area (Å²) in [5, 5.41) is 71.1. The molecule has 2 aromatic carbocycles. The van der Waals surface area contributed by atoms with Gasteiger partial charge in [0.15, 0.2) is 17.8 Å². The second-order valence-corrected chi connectivity index (χ2v) is 7.80. The molecule has 0 bridgehead atoms. The van der Waals surface area contributed by atoms with Gasteiger partial charge in [-0.25, -0.2) is 4.99 Å². The van der Waals surface area contributed by atoms with Crippen LogP contribution < -0.4 is 25.0 Å². The number of anilines is 1. The summed E-state index contributed by atoms with van der Waals surface area (Å²) in [7, 11) is 2.44. The van der Waals surface area contributed by atoms with Crippen LogP contribution in [0.2, 0.25) is 0 Å². The maximum atomic E-state index is 13.4. The smallest absolute Gasteiger partial charge is 0.224 e. The van der Waals surface area contributed by atoms with Crippen molar-refractivity contribution in [2.24, 2.45) is 4.99 Å². The molecule has 12 heteroatoms. The van der Waals surface area contributed by atoms with Crippen LogP contribution in [0.5, 0.6) is 34.5 Å². The Hall–Kier alpha value is -4.34. The van der Waals surface area contributed by atoms with Gasteiger partial charge in [0.1, 0.15) is 40.5 Å². The van der Waals surface area contributed by atoms with Crippen LogP contribution in [0, 0.1) is 12.5 Å². The van der Waals surface area contributed by atoms with E-state index in [1.54, 1.807) is 6.92 Å². The maximum Gasteiger partial charge on any atom is 0.224 e. The van der Waals surface area contributed by atoms with Gasteiger partial charge in [0.2, 0.25) is 5.91 Å². The quantitative estimate of drug-likeness (QED) is 0.147. The van der Waals surface area contributed by atoms with Gasteiger partial charge in [0, 0.05) is 29.7 Å². The van der Waals surface area contributed by atoms with Crippen molar-refractivity contribution in [3.05, 3.63) is 23.3 Å². The number of phenols is 4. The first-order valence-corrected chi connectivity index (χ1v) is 10.6. The molecule has 2 atom stereocenters. The van der Waals surface area contributed by atoms with Gasteiger partial charge in [-0.2, -0.15) is 0 Å². The zero-order valence-corrected chi connectivity index (χ0v) is 19.5. The van der Waals surface area contributed by atoms with Crippen LogP contribution in [0.1, 0.15) is 36.3 Å². The SMILES string of the molecule is C#COC=Nc1c(O)cc(OC)c(C2C([O-])C(c3c(OC)cc(O)c(NC(=O)CC)c3O)C2[O-])c1O. The summed E-state index contributed by atoms with van der Waals surface area (Å²) < 4.78 is 14.9. The first-order valence-electron chi connectivity index (χ1n) is 10.6. The summed E-state index contributed by atoms with van der Waals surface area (Å²) in [6.07, 6.45) is 4.10. The molecule has 5 N–H and O–H groups in total. The first-order chi connectivity index (χ1) is 17.1. The Labute approximate surface area is 206 Å². The number of methoxy groups -OCH3 is 2. The lowest BCUT2D eigenvalue weighted by Gasteiger charge is -2.61. The fraction of sp³-hybridized carbons (Fsp3) is 0.333. The number of aromatic hydroxyl groups is 4. The number of phenolic OH excluding ortho intramolecular Hbond substituents is 4. The highest BCUT2D eigenvalue weighted by atomic mass is 16.5. The van der Waals surface area contributed by atoms with Gasteiger partial charge < -0.3 is 50.2 Å². The van der Waals surface area contributed by atoms with E-state index in [1.165, 1.54) is 14.2 Å². The lowest BCUT2D eigenvalue weighted by Crippen LogP contribution is -2.63. The number of rotatable bonds is 8. The van der Waals surface area contributed by atoms with E-state index in [4.69, 9.17) is 15.9 Å². The van der Waals surface area contributed by atoms with Crippen LogP contribution in [0.15, 0.2) is 17.1 Å². The largest absolute Gasteiger partial charge is 0.851 e. The summed E-state index contributed by atoms with van der Waals surface area (Å²) in [5.41, 5.74) is -1.17. The van der Waals surface area contributed by atoms with Gasteiger partial charge in [-0.3, -0.25) is 4.79 Å². The van der Waals surface area contributed by atoms with Gasteiger partial charge in [-0.15, -0.1) is 12.2 Å². The minimum absolute atomic E-state index is 0.0389. The summed E-state index contributed by atoms with van der Waals surface area (Å²) in [6.45, 7) is 1.56. The molecular weight excluding hydrogens is 476 g/mol. The molecule has 1 saturated carbocycles. The van der Waals surface area contributed by atoms with Crippen molar-refractivity contribution < 1.29 is 49.6 Å². The normalized spacial score (nSPS) is 20.9. The molecule has 0 aliphatic heterocycles. The molecule has 2 aromatic rings. The number of amides is 1. The van der Waals surface area contributed by atoms with Gasteiger partial charge in [-0.05, 0) is 11.8 Å². The molecule has 1 amide bonds. The van der Waals surface area contributed by atoms with E-state index in [1.807, 2.05) is 6.11 Å². The number of carbonyl (C=O) groups excluding carboxylic acids is 1. The van der Waals surface area contributed by atoms with Crippen molar-refractivity contribution in [3.8, 4) is 47.0 Å². The van der Waals surface area contributed by atoms with Crippen LogP contribution in [-0.2, 0) is 9.53 Å². The summed E-state index contributed by atoms with van der Waals surface area (Å²) >= 11 is 0. The summed E-state index contributed by atoms with van der Waals surface area (Å²) in [6, 6.07) is 2.14.